The summed E-state index contributed by atoms with van der Waals surface area (Å²) in [7, 11) is 1.48. The van der Waals surface area contributed by atoms with Gasteiger partial charge in [-0.2, -0.15) is 0 Å². The van der Waals surface area contributed by atoms with Gasteiger partial charge in [0.15, 0.2) is 0 Å². The standard InChI is InChI=1S/C15H19ClFN3O3/c1-23-9-13(18)15(22)20-6-4-19(5-7-20)14(21)11-3-2-10(16)8-12(11)17/h2-3,8,13H,4-7,9,18H2,1H3. The van der Waals surface area contributed by atoms with Gasteiger partial charge >= 0.3 is 0 Å². The SMILES string of the molecule is COCC(N)C(=O)N1CCN(C(=O)c2ccc(Cl)cc2F)CC1. The minimum absolute atomic E-state index is 0.0229. The van der Waals surface area contributed by atoms with Gasteiger partial charge in [0.25, 0.3) is 5.91 Å². The summed E-state index contributed by atoms with van der Waals surface area (Å²) in [5, 5.41) is 0.238. The number of hydrogen-bond acceptors (Lipinski definition) is 4. The van der Waals surface area contributed by atoms with Gasteiger partial charge in [-0.3, -0.25) is 9.59 Å². The van der Waals surface area contributed by atoms with E-state index in [0.717, 1.165) is 6.07 Å². The Morgan fingerprint density at radius 2 is 1.91 bits per heavy atom. The van der Waals surface area contributed by atoms with Crippen molar-refractivity contribution in [1.82, 2.24) is 9.80 Å². The smallest absolute Gasteiger partial charge is 0.256 e. The van der Waals surface area contributed by atoms with Crippen molar-refractivity contribution in [1.29, 1.82) is 0 Å². The lowest BCUT2D eigenvalue weighted by molar-refractivity contribution is -0.135. The number of benzene rings is 1. The molecule has 23 heavy (non-hydrogen) atoms. The zero-order chi connectivity index (χ0) is 17.0. The normalized spacial score (nSPS) is 16.3. The fourth-order valence-electron chi connectivity index (χ4n) is 2.45. The fourth-order valence-corrected chi connectivity index (χ4v) is 2.61. The second-order valence-corrected chi connectivity index (χ2v) is 5.74. The van der Waals surface area contributed by atoms with E-state index in [1.807, 2.05) is 0 Å². The summed E-state index contributed by atoms with van der Waals surface area (Å²) in [4.78, 5) is 27.5. The molecule has 8 heteroatoms. The molecule has 0 radical (unpaired) electrons. The molecule has 126 valence electrons. The summed E-state index contributed by atoms with van der Waals surface area (Å²) in [6.07, 6.45) is 0. The van der Waals surface area contributed by atoms with E-state index < -0.39 is 17.8 Å². The predicted octanol–water partition coefficient (Wildman–Crippen LogP) is 0.737. The van der Waals surface area contributed by atoms with Crippen LogP contribution in [0.15, 0.2) is 18.2 Å². The molecule has 1 aliphatic rings. The summed E-state index contributed by atoms with van der Waals surface area (Å²) in [6, 6.07) is 3.24. The molecule has 6 nitrogen and oxygen atoms in total. The van der Waals surface area contributed by atoms with Crippen molar-refractivity contribution in [2.24, 2.45) is 5.73 Å². The van der Waals surface area contributed by atoms with Gasteiger partial charge in [0.2, 0.25) is 5.91 Å². The van der Waals surface area contributed by atoms with Gasteiger partial charge in [-0.1, -0.05) is 11.6 Å². The first-order valence-corrected chi connectivity index (χ1v) is 7.59. The fraction of sp³-hybridized carbons (Fsp3) is 0.467. The number of carbonyl (C=O) groups excluding carboxylic acids is 2. The lowest BCUT2D eigenvalue weighted by Crippen LogP contribution is -2.55. The van der Waals surface area contributed by atoms with E-state index in [4.69, 9.17) is 22.1 Å². The number of nitrogens with zero attached hydrogens (tertiary/aromatic N) is 2. The number of ether oxygens (including phenoxy) is 1. The van der Waals surface area contributed by atoms with E-state index in [1.165, 1.54) is 24.1 Å². The number of hydrogen-bond donors (Lipinski definition) is 1. The Balaban J connectivity index is 1.96. The lowest BCUT2D eigenvalue weighted by atomic mass is 10.1. The first-order valence-electron chi connectivity index (χ1n) is 7.21. The number of piperazine rings is 1. The molecule has 1 aromatic carbocycles. The number of nitrogens with two attached hydrogens (primary N) is 1. The Hall–Kier alpha value is -1.70. The highest BCUT2D eigenvalue weighted by Crippen LogP contribution is 2.17. The third-order valence-corrected chi connectivity index (χ3v) is 3.94. The topological polar surface area (TPSA) is 75.9 Å². The zero-order valence-corrected chi connectivity index (χ0v) is 13.6. The summed E-state index contributed by atoms with van der Waals surface area (Å²) in [5.41, 5.74) is 5.70. The van der Waals surface area contributed by atoms with Crippen LogP contribution in [0.2, 0.25) is 5.02 Å². The van der Waals surface area contributed by atoms with Crippen LogP contribution in [0.1, 0.15) is 10.4 Å². The lowest BCUT2D eigenvalue weighted by Gasteiger charge is -2.35. The van der Waals surface area contributed by atoms with E-state index in [1.54, 1.807) is 4.90 Å². The van der Waals surface area contributed by atoms with Crippen LogP contribution in [0.4, 0.5) is 4.39 Å². The molecule has 0 aliphatic carbocycles. The van der Waals surface area contributed by atoms with Gasteiger partial charge in [-0.15, -0.1) is 0 Å². The first-order chi connectivity index (χ1) is 10.9. The molecule has 1 unspecified atom stereocenters. The highest BCUT2D eigenvalue weighted by molar-refractivity contribution is 6.30. The summed E-state index contributed by atoms with van der Waals surface area (Å²) < 4.78 is 18.7. The Bertz CT molecular complexity index is 591. The van der Waals surface area contributed by atoms with Crippen LogP contribution < -0.4 is 5.73 Å². The van der Waals surface area contributed by atoms with Crippen LogP contribution >= 0.6 is 11.6 Å². The van der Waals surface area contributed by atoms with Crippen molar-refractivity contribution in [3.8, 4) is 0 Å². The van der Waals surface area contributed by atoms with Gasteiger partial charge in [-0.05, 0) is 18.2 Å². The second kappa shape index (κ2) is 7.72. The highest BCUT2D eigenvalue weighted by Gasteiger charge is 2.28. The summed E-state index contributed by atoms with van der Waals surface area (Å²) >= 11 is 5.69. The maximum Gasteiger partial charge on any atom is 0.256 e. The molecule has 1 aliphatic heterocycles. The molecule has 0 bridgehead atoms. The molecule has 0 spiro atoms. The molecule has 1 fully saturated rings. The number of halogens is 2. The highest BCUT2D eigenvalue weighted by atomic mass is 35.5. The Kier molecular flexibility index (Phi) is 5.92. The number of rotatable bonds is 4. The molecule has 1 atom stereocenters. The van der Waals surface area contributed by atoms with Crippen molar-refractivity contribution in [2.75, 3.05) is 39.9 Å². The maximum absolute atomic E-state index is 13.8. The van der Waals surface area contributed by atoms with Gasteiger partial charge in [0.1, 0.15) is 11.9 Å². The van der Waals surface area contributed by atoms with Crippen molar-refractivity contribution < 1.29 is 18.7 Å². The third-order valence-electron chi connectivity index (χ3n) is 3.70. The average molecular weight is 344 g/mol. The van der Waals surface area contributed by atoms with Gasteiger partial charge in [0.05, 0.1) is 12.2 Å². The van der Waals surface area contributed by atoms with Crippen LogP contribution in [0, 0.1) is 5.82 Å². The molecule has 0 saturated carbocycles. The minimum atomic E-state index is -0.712. The van der Waals surface area contributed by atoms with Crippen molar-refractivity contribution in [3.05, 3.63) is 34.6 Å². The Morgan fingerprint density at radius 3 is 2.48 bits per heavy atom. The molecule has 1 saturated heterocycles. The third kappa shape index (κ3) is 4.19. The average Bonchev–Trinajstić information content (AvgIpc) is 2.54. The van der Waals surface area contributed by atoms with E-state index in [2.05, 4.69) is 0 Å². The molecule has 2 amide bonds. The van der Waals surface area contributed by atoms with Crippen LogP contribution in [0.25, 0.3) is 0 Å². The Labute approximate surface area is 138 Å². The number of carbonyl (C=O) groups is 2. The quantitative estimate of drug-likeness (QED) is 0.874. The van der Waals surface area contributed by atoms with E-state index in [-0.39, 0.29) is 23.1 Å². The minimum Gasteiger partial charge on any atom is -0.383 e. The molecule has 0 aromatic heterocycles. The van der Waals surface area contributed by atoms with Gasteiger partial charge < -0.3 is 20.3 Å². The predicted molar refractivity (Wildman–Crippen MR) is 83.7 cm³/mol. The van der Waals surface area contributed by atoms with Crippen LogP contribution in [0.3, 0.4) is 0 Å². The van der Waals surface area contributed by atoms with E-state index in [9.17, 15) is 14.0 Å². The van der Waals surface area contributed by atoms with Crippen molar-refractivity contribution in [2.45, 2.75) is 6.04 Å². The molecular weight excluding hydrogens is 325 g/mol. The first kappa shape index (κ1) is 17.7. The molecule has 1 heterocycles. The zero-order valence-electron chi connectivity index (χ0n) is 12.8. The van der Waals surface area contributed by atoms with Crippen LogP contribution in [-0.4, -0.2) is 67.6 Å². The largest absolute Gasteiger partial charge is 0.383 e. The maximum atomic E-state index is 13.8. The monoisotopic (exact) mass is 343 g/mol. The molecule has 2 N–H and O–H groups in total. The van der Waals surface area contributed by atoms with Gasteiger partial charge in [0, 0.05) is 38.3 Å². The van der Waals surface area contributed by atoms with Crippen LogP contribution in [-0.2, 0) is 9.53 Å². The van der Waals surface area contributed by atoms with Crippen molar-refractivity contribution in [3.63, 3.8) is 0 Å². The summed E-state index contributed by atoms with van der Waals surface area (Å²) in [6.45, 7) is 1.51. The van der Waals surface area contributed by atoms with E-state index >= 15 is 0 Å². The number of amides is 2. The van der Waals surface area contributed by atoms with E-state index in [0.29, 0.717) is 26.2 Å². The van der Waals surface area contributed by atoms with Crippen LogP contribution in [0.5, 0.6) is 0 Å². The Morgan fingerprint density at radius 1 is 1.30 bits per heavy atom. The molecular formula is C15H19ClFN3O3. The molecule has 1 aromatic rings. The number of methoxy groups -OCH3 is 1. The second-order valence-electron chi connectivity index (χ2n) is 5.30. The van der Waals surface area contributed by atoms with Gasteiger partial charge in [-0.25, -0.2) is 4.39 Å². The summed E-state index contributed by atoms with van der Waals surface area (Å²) in [5.74, 6) is -1.27. The van der Waals surface area contributed by atoms with Crippen molar-refractivity contribution >= 4 is 23.4 Å². The molecule has 2 rings (SSSR count).